The average Bonchev–Trinajstić information content (AvgIpc) is 3.02. The molecule has 12 nitrogen and oxygen atoms in total. The van der Waals surface area contributed by atoms with Crippen LogP contribution in [0, 0.1) is 0 Å². The van der Waals surface area contributed by atoms with E-state index in [4.69, 9.17) is 11.5 Å². The molecule has 0 aromatic rings. The van der Waals surface area contributed by atoms with Gasteiger partial charge in [-0.3, -0.25) is 19.2 Å². The Morgan fingerprint density at radius 1 is 0.565 bits per heavy atom. The predicted molar refractivity (Wildman–Crippen MR) is 185 cm³/mol. The van der Waals surface area contributed by atoms with E-state index in [1.165, 1.54) is 78.1 Å². The number of unbranched alkanes of at least 4 members (excludes halogenated alkanes) is 14. The van der Waals surface area contributed by atoms with E-state index in [0.29, 0.717) is 58.0 Å². The van der Waals surface area contributed by atoms with Gasteiger partial charge >= 0.3 is 7.12 Å². The van der Waals surface area contributed by atoms with Crippen LogP contribution in [0.15, 0.2) is 0 Å². The molecule has 4 atom stereocenters. The molecule has 268 valence electrons. The van der Waals surface area contributed by atoms with Gasteiger partial charge in [-0.1, -0.05) is 90.4 Å². The molecule has 0 bridgehead atoms. The lowest BCUT2D eigenvalue weighted by Crippen LogP contribution is -2.57. The van der Waals surface area contributed by atoms with Crippen LogP contribution in [0.4, 0.5) is 0 Å². The fourth-order valence-corrected chi connectivity index (χ4v) is 5.23. The van der Waals surface area contributed by atoms with Gasteiger partial charge in [-0.15, -0.1) is 0 Å². The summed E-state index contributed by atoms with van der Waals surface area (Å²) < 4.78 is 0. The largest absolute Gasteiger partial charge is 0.475 e. The van der Waals surface area contributed by atoms with Crippen LogP contribution in [0.2, 0.25) is 0 Å². The van der Waals surface area contributed by atoms with E-state index in [1.54, 1.807) is 0 Å². The Balaban J connectivity index is 4.57. The van der Waals surface area contributed by atoms with Gasteiger partial charge in [-0.05, 0) is 65.5 Å². The molecule has 0 spiro atoms. The van der Waals surface area contributed by atoms with E-state index >= 15 is 0 Å². The number of amides is 4. The molecule has 0 saturated heterocycles. The van der Waals surface area contributed by atoms with Crippen molar-refractivity contribution in [1.82, 2.24) is 21.3 Å². The molecule has 46 heavy (non-hydrogen) atoms. The first kappa shape index (κ1) is 43.8. The van der Waals surface area contributed by atoms with E-state index in [9.17, 15) is 29.2 Å². The molecule has 0 saturated carbocycles. The molecule has 0 aliphatic carbocycles. The van der Waals surface area contributed by atoms with Crippen molar-refractivity contribution >= 4 is 30.7 Å². The lowest BCUT2D eigenvalue weighted by atomic mass is 9.76. The molecule has 13 heteroatoms. The Morgan fingerprint density at radius 2 is 1.00 bits per heavy atom. The number of hydrogen-bond acceptors (Lipinski definition) is 8. The summed E-state index contributed by atoms with van der Waals surface area (Å²) in [5, 5.41) is 29.7. The standard InChI is InChI=1S/C33H67BN6O6/c1-4-5-6-7-8-9-10-11-12-13-14-15-16-23-30(41)39-28(21-17-19-24-35)33(44)38-26(2)31(42)37-27(3)32(43)40-29(34(45)46)22-18-20-25-36/h26-29,45-46H,4-25,35-36H2,1-3H3,(H,37,42)(H,38,44)(H,39,41)(H,40,43)/t26-,27-,28-,29-/m0/s1. The van der Waals surface area contributed by atoms with E-state index in [1.807, 2.05) is 0 Å². The smallest absolute Gasteiger partial charge is 0.426 e. The number of carbonyl (C=O) groups is 4. The summed E-state index contributed by atoms with van der Waals surface area (Å²) in [6.07, 6.45) is 19.6. The fourth-order valence-electron chi connectivity index (χ4n) is 5.23. The first-order valence-corrected chi connectivity index (χ1v) is 18.0. The third kappa shape index (κ3) is 23.2. The van der Waals surface area contributed by atoms with E-state index in [0.717, 1.165) is 19.3 Å². The minimum absolute atomic E-state index is 0.189. The second-order valence-corrected chi connectivity index (χ2v) is 12.7. The first-order valence-electron chi connectivity index (χ1n) is 18.0. The van der Waals surface area contributed by atoms with Crippen LogP contribution in [0.5, 0.6) is 0 Å². The van der Waals surface area contributed by atoms with Crippen molar-refractivity contribution in [1.29, 1.82) is 0 Å². The molecule has 0 radical (unpaired) electrons. The minimum Gasteiger partial charge on any atom is -0.426 e. The maximum absolute atomic E-state index is 13.1. The highest BCUT2D eigenvalue weighted by atomic mass is 16.4. The number of nitrogens with two attached hydrogens (primary N) is 2. The molecular formula is C33H67BN6O6. The zero-order valence-corrected chi connectivity index (χ0v) is 29.1. The van der Waals surface area contributed by atoms with Gasteiger partial charge in [0.15, 0.2) is 0 Å². The van der Waals surface area contributed by atoms with Crippen molar-refractivity contribution in [3.63, 3.8) is 0 Å². The highest BCUT2D eigenvalue weighted by Gasteiger charge is 2.29. The summed E-state index contributed by atoms with van der Waals surface area (Å²) in [4.78, 5) is 51.1. The van der Waals surface area contributed by atoms with E-state index in [2.05, 4.69) is 28.2 Å². The van der Waals surface area contributed by atoms with Gasteiger partial charge in [0.25, 0.3) is 0 Å². The van der Waals surface area contributed by atoms with Crippen molar-refractivity contribution in [2.24, 2.45) is 11.5 Å². The predicted octanol–water partition coefficient (Wildman–Crippen LogP) is 2.72. The van der Waals surface area contributed by atoms with Crippen molar-refractivity contribution in [3.05, 3.63) is 0 Å². The van der Waals surface area contributed by atoms with Crippen LogP contribution in [-0.2, 0) is 19.2 Å². The average molecular weight is 655 g/mol. The van der Waals surface area contributed by atoms with Gasteiger partial charge < -0.3 is 42.8 Å². The second-order valence-electron chi connectivity index (χ2n) is 12.7. The Hall–Kier alpha value is -2.22. The molecule has 4 amide bonds. The second kappa shape index (κ2) is 29.0. The van der Waals surface area contributed by atoms with Gasteiger partial charge in [-0.25, -0.2) is 0 Å². The van der Waals surface area contributed by atoms with Crippen molar-refractivity contribution in [3.8, 4) is 0 Å². The summed E-state index contributed by atoms with van der Waals surface area (Å²) in [5.41, 5.74) is 11.1. The van der Waals surface area contributed by atoms with Crippen LogP contribution in [-0.4, -0.2) is 78.0 Å². The summed E-state index contributed by atoms with van der Waals surface area (Å²) in [5.74, 6) is -2.73. The van der Waals surface area contributed by atoms with Crippen molar-refractivity contribution in [2.75, 3.05) is 13.1 Å². The monoisotopic (exact) mass is 655 g/mol. The van der Waals surface area contributed by atoms with Gasteiger partial charge in [0.1, 0.15) is 18.1 Å². The highest BCUT2D eigenvalue weighted by Crippen LogP contribution is 2.13. The summed E-state index contributed by atoms with van der Waals surface area (Å²) in [7, 11) is -1.75. The van der Waals surface area contributed by atoms with E-state index in [-0.39, 0.29) is 5.91 Å². The molecule has 0 heterocycles. The highest BCUT2D eigenvalue weighted by molar-refractivity contribution is 6.43. The summed E-state index contributed by atoms with van der Waals surface area (Å²) in [6, 6.07) is -2.75. The SMILES string of the molecule is CCCCCCCCCCCCCCCC(=O)N[C@@H](CCCCN)C(=O)N[C@@H](C)C(=O)N[C@@H](C)C(=O)N[C@@H](CCCCN)B(O)O. The lowest BCUT2D eigenvalue weighted by Gasteiger charge is -2.24. The molecule has 0 aliphatic heterocycles. The molecular weight excluding hydrogens is 587 g/mol. The normalized spacial score (nSPS) is 13.7. The van der Waals surface area contributed by atoms with Crippen LogP contribution >= 0.6 is 0 Å². The number of nitrogens with one attached hydrogen (secondary N) is 4. The number of rotatable bonds is 30. The molecule has 0 unspecified atom stereocenters. The topological polar surface area (TPSA) is 209 Å². The van der Waals surface area contributed by atoms with Crippen molar-refractivity contribution < 1.29 is 29.2 Å². The zero-order valence-electron chi connectivity index (χ0n) is 29.1. The third-order valence-electron chi connectivity index (χ3n) is 8.27. The minimum atomic E-state index is -1.75. The molecule has 10 N–H and O–H groups in total. The molecule has 0 aromatic carbocycles. The van der Waals surface area contributed by atoms with Crippen LogP contribution in [0.3, 0.4) is 0 Å². The van der Waals surface area contributed by atoms with Gasteiger partial charge in [-0.2, -0.15) is 0 Å². The van der Waals surface area contributed by atoms with Gasteiger partial charge in [0, 0.05) is 6.42 Å². The fraction of sp³-hybridized carbons (Fsp3) is 0.879. The third-order valence-corrected chi connectivity index (χ3v) is 8.27. The van der Waals surface area contributed by atoms with Crippen LogP contribution < -0.4 is 32.7 Å². The molecule has 0 fully saturated rings. The summed E-state index contributed by atoms with van der Waals surface area (Å²) >= 11 is 0. The lowest BCUT2D eigenvalue weighted by molar-refractivity contribution is -0.133. The zero-order chi connectivity index (χ0) is 34.6. The first-order chi connectivity index (χ1) is 22.1. The number of hydrogen-bond donors (Lipinski definition) is 8. The maximum atomic E-state index is 13.1. The summed E-state index contributed by atoms with van der Waals surface area (Å²) in [6.45, 7) is 6.13. The molecule has 0 rings (SSSR count). The Morgan fingerprint density at radius 3 is 1.48 bits per heavy atom. The van der Waals surface area contributed by atoms with Gasteiger partial charge in [0.05, 0.1) is 5.94 Å². The number of carbonyl (C=O) groups excluding carboxylic acids is 4. The molecule has 0 aromatic heterocycles. The van der Waals surface area contributed by atoms with Crippen molar-refractivity contribution in [2.45, 2.75) is 173 Å². The Bertz CT molecular complexity index is 822. The van der Waals surface area contributed by atoms with E-state index < -0.39 is 48.9 Å². The quantitative estimate of drug-likeness (QED) is 0.0426. The van der Waals surface area contributed by atoms with Gasteiger partial charge in [0.2, 0.25) is 23.6 Å². The Kier molecular flexibility index (Phi) is 27.6. The van der Waals surface area contributed by atoms with Crippen LogP contribution in [0.25, 0.3) is 0 Å². The van der Waals surface area contributed by atoms with Crippen LogP contribution in [0.1, 0.15) is 149 Å². The molecule has 0 aliphatic rings. The Labute approximate surface area is 278 Å². The maximum Gasteiger partial charge on any atom is 0.475 e.